The molecular weight excluding hydrogens is 547 g/mol. The first kappa shape index (κ1) is 28.1. The van der Waals surface area contributed by atoms with E-state index in [-0.39, 0.29) is 5.75 Å². The molecule has 10 nitrogen and oxygen atoms in total. The Balaban J connectivity index is 1.34. The number of benzene rings is 2. The number of amides is 1. The zero-order chi connectivity index (χ0) is 29.1. The first-order valence-corrected chi connectivity index (χ1v) is 14.0. The Morgan fingerprint density at radius 3 is 2.54 bits per heavy atom. The van der Waals surface area contributed by atoms with Gasteiger partial charge in [0.1, 0.15) is 23.0 Å². The molecule has 0 unspecified atom stereocenters. The van der Waals surface area contributed by atoms with Gasteiger partial charge in [-0.3, -0.25) is 5.32 Å². The van der Waals surface area contributed by atoms with Crippen LogP contribution in [-0.4, -0.2) is 49.8 Å². The molecule has 1 N–H and O–H groups in total. The molecule has 12 heteroatoms. The SMILES string of the molecule is CCCOc1cnc2c(-c3nc4cc(F)c(O[C@@H](C)[C@@H](C)OC(=O)Nc5cnc(C)nc5)cc4s3)cc(C)cc2n1. The van der Waals surface area contributed by atoms with Gasteiger partial charge >= 0.3 is 6.09 Å². The molecule has 0 fully saturated rings. The molecule has 5 rings (SSSR count). The molecule has 2 atom stereocenters. The van der Waals surface area contributed by atoms with Crippen molar-refractivity contribution < 1.29 is 23.4 Å². The lowest BCUT2D eigenvalue weighted by Gasteiger charge is -2.22. The number of thiazole rings is 1. The maximum absolute atomic E-state index is 15.1. The second kappa shape index (κ2) is 12.0. The summed E-state index contributed by atoms with van der Waals surface area (Å²) >= 11 is 1.40. The molecule has 1 amide bonds. The third-order valence-electron chi connectivity index (χ3n) is 6.19. The van der Waals surface area contributed by atoms with Gasteiger partial charge in [-0.2, -0.15) is 0 Å². The number of nitrogens with one attached hydrogen (secondary N) is 1. The highest BCUT2D eigenvalue weighted by atomic mass is 32.1. The van der Waals surface area contributed by atoms with E-state index in [1.807, 2.05) is 26.0 Å². The molecule has 5 aromatic rings. The van der Waals surface area contributed by atoms with Crippen LogP contribution in [0.2, 0.25) is 0 Å². The first-order valence-electron chi connectivity index (χ1n) is 13.1. The van der Waals surface area contributed by atoms with Crippen LogP contribution in [0.5, 0.6) is 11.6 Å². The highest BCUT2D eigenvalue weighted by Gasteiger charge is 2.22. The molecule has 3 heterocycles. The summed E-state index contributed by atoms with van der Waals surface area (Å²) in [6, 6.07) is 6.89. The van der Waals surface area contributed by atoms with Crippen molar-refractivity contribution in [3.05, 3.63) is 60.1 Å². The number of aryl methyl sites for hydroxylation is 2. The fraction of sp³-hybridized carbons (Fsp3) is 0.310. The lowest BCUT2D eigenvalue weighted by molar-refractivity contribution is 0.0402. The van der Waals surface area contributed by atoms with Crippen molar-refractivity contribution in [1.82, 2.24) is 24.9 Å². The first-order chi connectivity index (χ1) is 19.7. The topological polar surface area (TPSA) is 121 Å². The zero-order valence-electron chi connectivity index (χ0n) is 23.3. The van der Waals surface area contributed by atoms with Gasteiger partial charge < -0.3 is 14.2 Å². The van der Waals surface area contributed by atoms with Gasteiger partial charge in [0.2, 0.25) is 5.88 Å². The smallest absolute Gasteiger partial charge is 0.412 e. The molecule has 0 saturated heterocycles. The predicted octanol–water partition coefficient (Wildman–Crippen LogP) is 6.65. The second-order valence-corrected chi connectivity index (χ2v) is 10.6. The van der Waals surface area contributed by atoms with Crippen molar-refractivity contribution in [2.24, 2.45) is 0 Å². The standard InChI is InChI=1S/C29H29FN6O4S/c1-6-7-38-26-14-33-27-20(8-15(2)9-23(27)35-26)28-36-22-10-21(30)24(11-25(22)41-28)39-16(3)17(4)40-29(37)34-19-12-31-18(5)32-13-19/h8-14,16-17H,6-7H2,1-5H3,(H,34,37)/t16-,17+/m0/s1. The van der Waals surface area contributed by atoms with E-state index in [1.165, 1.54) is 29.8 Å². The Morgan fingerprint density at radius 2 is 1.78 bits per heavy atom. The maximum atomic E-state index is 15.1. The Bertz CT molecular complexity index is 1710. The van der Waals surface area contributed by atoms with Gasteiger partial charge in [-0.25, -0.2) is 34.1 Å². The number of rotatable bonds is 9. The lowest BCUT2D eigenvalue weighted by Crippen LogP contribution is -2.32. The monoisotopic (exact) mass is 576 g/mol. The van der Waals surface area contributed by atoms with Crippen LogP contribution in [0.1, 0.15) is 38.6 Å². The van der Waals surface area contributed by atoms with E-state index in [0.29, 0.717) is 45.6 Å². The van der Waals surface area contributed by atoms with Gasteiger partial charge in [-0.05, 0) is 51.8 Å². The van der Waals surface area contributed by atoms with Gasteiger partial charge in [0.05, 0.1) is 52.1 Å². The average molecular weight is 577 g/mol. The molecule has 3 aromatic heterocycles. The summed E-state index contributed by atoms with van der Waals surface area (Å²) < 4.78 is 32.7. The minimum atomic E-state index is -0.694. The maximum Gasteiger partial charge on any atom is 0.412 e. The molecule has 0 aliphatic rings. The van der Waals surface area contributed by atoms with Crippen LogP contribution in [0.4, 0.5) is 14.9 Å². The fourth-order valence-electron chi connectivity index (χ4n) is 3.99. The number of hydrogen-bond donors (Lipinski definition) is 1. The molecule has 212 valence electrons. The third-order valence-corrected chi connectivity index (χ3v) is 7.24. The number of anilines is 1. The van der Waals surface area contributed by atoms with E-state index in [1.54, 1.807) is 33.0 Å². The van der Waals surface area contributed by atoms with Crippen LogP contribution in [-0.2, 0) is 4.74 Å². The zero-order valence-corrected chi connectivity index (χ0v) is 24.1. The van der Waals surface area contributed by atoms with Crippen molar-refractivity contribution in [3.63, 3.8) is 0 Å². The number of fused-ring (bicyclic) bond motifs is 2. The fourth-order valence-corrected chi connectivity index (χ4v) is 4.98. The number of ether oxygens (including phenoxy) is 3. The summed E-state index contributed by atoms with van der Waals surface area (Å²) in [4.78, 5) is 34.2. The predicted molar refractivity (Wildman–Crippen MR) is 155 cm³/mol. The number of carbonyl (C=O) groups excluding carboxylic acids is 1. The quantitative estimate of drug-likeness (QED) is 0.206. The molecule has 0 aliphatic heterocycles. The summed E-state index contributed by atoms with van der Waals surface area (Å²) in [6.45, 7) is 9.67. The van der Waals surface area contributed by atoms with E-state index in [0.717, 1.165) is 22.2 Å². The van der Waals surface area contributed by atoms with E-state index in [9.17, 15) is 4.79 Å². The molecule has 0 radical (unpaired) electrons. The molecule has 41 heavy (non-hydrogen) atoms. The van der Waals surface area contributed by atoms with E-state index >= 15 is 4.39 Å². The second-order valence-electron chi connectivity index (χ2n) is 9.58. The normalized spacial score (nSPS) is 12.7. The van der Waals surface area contributed by atoms with Crippen LogP contribution >= 0.6 is 11.3 Å². The Hall–Kier alpha value is -4.45. The molecule has 0 bridgehead atoms. The Kier molecular flexibility index (Phi) is 8.20. The summed E-state index contributed by atoms with van der Waals surface area (Å²) in [5, 5.41) is 3.25. The third kappa shape index (κ3) is 6.49. The lowest BCUT2D eigenvalue weighted by atomic mass is 10.1. The molecule has 0 saturated carbocycles. The van der Waals surface area contributed by atoms with E-state index in [4.69, 9.17) is 14.2 Å². The average Bonchev–Trinajstić information content (AvgIpc) is 3.35. The number of halogens is 1. The van der Waals surface area contributed by atoms with Crippen LogP contribution in [0, 0.1) is 19.7 Å². The minimum absolute atomic E-state index is 0.0367. The van der Waals surface area contributed by atoms with Crippen LogP contribution in [0.3, 0.4) is 0 Å². The summed E-state index contributed by atoms with van der Waals surface area (Å²) in [6.07, 6.45) is 3.42. The highest BCUT2D eigenvalue weighted by Crippen LogP contribution is 2.37. The molecule has 2 aromatic carbocycles. The summed E-state index contributed by atoms with van der Waals surface area (Å²) in [5.74, 6) is 0.521. The Labute approximate surface area is 240 Å². The number of aromatic nitrogens is 5. The minimum Gasteiger partial charge on any atom is -0.484 e. The van der Waals surface area contributed by atoms with Crippen LogP contribution in [0.25, 0.3) is 31.8 Å². The molecule has 0 spiro atoms. The van der Waals surface area contributed by atoms with Crippen molar-refractivity contribution in [2.45, 2.75) is 53.2 Å². The summed E-state index contributed by atoms with van der Waals surface area (Å²) in [5.41, 5.74) is 4.08. The van der Waals surface area contributed by atoms with Crippen molar-refractivity contribution in [3.8, 4) is 22.2 Å². The van der Waals surface area contributed by atoms with Crippen LogP contribution < -0.4 is 14.8 Å². The van der Waals surface area contributed by atoms with Crippen molar-refractivity contribution >= 4 is 44.4 Å². The van der Waals surface area contributed by atoms with E-state index in [2.05, 4.69) is 30.2 Å². The molecule has 0 aliphatic carbocycles. The van der Waals surface area contributed by atoms with Gasteiger partial charge in [-0.15, -0.1) is 11.3 Å². The molecular formula is C29H29FN6O4S. The van der Waals surface area contributed by atoms with Crippen molar-refractivity contribution in [2.75, 3.05) is 11.9 Å². The largest absolute Gasteiger partial charge is 0.484 e. The van der Waals surface area contributed by atoms with E-state index < -0.39 is 24.1 Å². The van der Waals surface area contributed by atoms with Gasteiger partial charge in [0.15, 0.2) is 11.6 Å². The van der Waals surface area contributed by atoms with Crippen molar-refractivity contribution in [1.29, 1.82) is 0 Å². The number of carbonyl (C=O) groups is 1. The summed E-state index contributed by atoms with van der Waals surface area (Å²) in [7, 11) is 0. The van der Waals surface area contributed by atoms with Gasteiger partial charge in [0, 0.05) is 17.7 Å². The number of hydrogen-bond acceptors (Lipinski definition) is 10. The highest BCUT2D eigenvalue weighted by molar-refractivity contribution is 7.21. The Morgan fingerprint density at radius 1 is 1.00 bits per heavy atom. The van der Waals surface area contributed by atoms with Gasteiger partial charge in [0.25, 0.3) is 0 Å². The van der Waals surface area contributed by atoms with Crippen LogP contribution in [0.15, 0.2) is 42.9 Å². The number of nitrogens with zero attached hydrogens (tertiary/aromatic N) is 5. The van der Waals surface area contributed by atoms with Gasteiger partial charge in [-0.1, -0.05) is 6.92 Å².